The van der Waals surface area contributed by atoms with Gasteiger partial charge in [-0.3, -0.25) is 0 Å². The van der Waals surface area contributed by atoms with Crippen molar-refractivity contribution in [1.82, 2.24) is 0 Å². The molecule has 476 valence electrons. The summed E-state index contributed by atoms with van der Waals surface area (Å²) in [5, 5.41) is 213. The molecule has 0 bridgehead atoms. The second-order valence-corrected chi connectivity index (χ2v) is 21.0. The highest BCUT2D eigenvalue weighted by atomic mass is 16.8. The van der Waals surface area contributed by atoms with Crippen molar-refractivity contribution in [1.29, 1.82) is 0 Å². The van der Waals surface area contributed by atoms with E-state index in [2.05, 4.69) is 0 Å². The molecule has 9 heterocycles. The van der Waals surface area contributed by atoms with Crippen LogP contribution >= 0.6 is 0 Å². The number of aliphatic hydroxyl groups is 20. The summed E-state index contributed by atoms with van der Waals surface area (Å²) < 4.78 is 100. The van der Waals surface area contributed by atoms with E-state index in [9.17, 15) is 102 Å². The Balaban J connectivity index is 1.05. The molecule has 9 rings (SSSR count). The fourth-order valence-corrected chi connectivity index (χ4v) is 10.6. The van der Waals surface area contributed by atoms with Crippen molar-refractivity contribution in [3.8, 4) is 0 Å². The Hall–Kier alpha value is -1.48. The molecule has 9 aliphatic rings. The zero-order valence-electron chi connectivity index (χ0n) is 43.0. The summed E-state index contributed by atoms with van der Waals surface area (Å²) in [5.41, 5.74) is 0. The number of aliphatic hydroxyl groups excluding tert-OH is 20. The van der Waals surface area contributed by atoms with Crippen molar-refractivity contribution in [2.24, 2.45) is 0 Å². The standard InChI is InChI=1S/C45H74O37/c46-1-11-20(52)29(61)40(71-11)79-33-17(77-38-27(59)19(51)10(50)5-67-38)8-70-45(36(33)82-43-32(64)23(55)14(4-49)74-43)78-18-9-69-44(76-16-7-68-39(28(60)25(16)57)75-15-6-66-37(65)26(58)24(15)56)35(81-42-31(63)22(54)13(3-48)73-42)34(18)80-41-30(62)21(53)12(2-47)72-41/h10-65H,1-9H2. The molecule has 0 aromatic rings. The largest absolute Gasteiger partial charge is 0.394 e. The van der Waals surface area contributed by atoms with Crippen LogP contribution in [0.2, 0.25) is 0 Å². The van der Waals surface area contributed by atoms with Crippen LogP contribution in [0, 0.1) is 0 Å². The van der Waals surface area contributed by atoms with E-state index in [1.807, 2.05) is 0 Å². The summed E-state index contributed by atoms with van der Waals surface area (Å²) >= 11 is 0. The van der Waals surface area contributed by atoms with Crippen LogP contribution in [0.15, 0.2) is 0 Å². The first-order chi connectivity index (χ1) is 39.1. The molecular formula is C45H74O37. The Bertz CT molecular complexity index is 1980. The van der Waals surface area contributed by atoms with Gasteiger partial charge >= 0.3 is 0 Å². The Morgan fingerprint density at radius 2 is 0.524 bits per heavy atom. The number of hydrogen-bond donors (Lipinski definition) is 20. The van der Waals surface area contributed by atoms with Crippen LogP contribution in [0.3, 0.4) is 0 Å². The van der Waals surface area contributed by atoms with Crippen molar-refractivity contribution in [2.75, 3.05) is 59.5 Å². The molecule has 0 spiro atoms. The lowest BCUT2D eigenvalue weighted by Gasteiger charge is -2.49. The van der Waals surface area contributed by atoms with E-state index in [-0.39, 0.29) is 0 Å². The molecule has 9 fully saturated rings. The zero-order valence-corrected chi connectivity index (χ0v) is 43.0. The Morgan fingerprint density at radius 1 is 0.244 bits per heavy atom. The van der Waals surface area contributed by atoms with Gasteiger partial charge in [0.2, 0.25) is 0 Å². The molecular weight excluding hydrogens is 1130 g/mol. The van der Waals surface area contributed by atoms with Gasteiger partial charge in [0.1, 0.15) is 165 Å². The third-order valence-electron chi connectivity index (χ3n) is 15.5. The minimum atomic E-state index is -2.02. The van der Waals surface area contributed by atoms with E-state index >= 15 is 0 Å². The molecule has 20 N–H and O–H groups in total. The molecule has 36 atom stereocenters. The zero-order chi connectivity index (χ0) is 59.2. The first kappa shape index (κ1) is 65.0. The summed E-state index contributed by atoms with van der Waals surface area (Å²) in [6, 6.07) is 0. The fraction of sp³-hybridized carbons (Fsp3) is 1.00. The first-order valence-corrected chi connectivity index (χ1v) is 26.3. The molecule has 37 heteroatoms. The van der Waals surface area contributed by atoms with Crippen molar-refractivity contribution >= 4 is 0 Å². The molecule has 82 heavy (non-hydrogen) atoms. The molecule has 0 aromatic carbocycles. The van der Waals surface area contributed by atoms with Gasteiger partial charge < -0.3 is 183 Å². The van der Waals surface area contributed by atoms with Crippen molar-refractivity contribution in [3.63, 3.8) is 0 Å². The third-order valence-corrected chi connectivity index (χ3v) is 15.5. The monoisotopic (exact) mass is 1210 g/mol. The Labute approximate surface area is 463 Å². The van der Waals surface area contributed by atoms with Gasteiger partial charge in [0.15, 0.2) is 56.6 Å². The van der Waals surface area contributed by atoms with Crippen LogP contribution in [0.25, 0.3) is 0 Å². The minimum Gasteiger partial charge on any atom is -0.394 e. The van der Waals surface area contributed by atoms with Gasteiger partial charge in [0.05, 0.1) is 59.5 Å². The Morgan fingerprint density at radius 3 is 0.915 bits per heavy atom. The predicted molar refractivity (Wildman–Crippen MR) is 243 cm³/mol. The molecule has 36 unspecified atom stereocenters. The molecule has 0 radical (unpaired) electrons. The lowest BCUT2D eigenvalue weighted by atomic mass is 10.0. The van der Waals surface area contributed by atoms with Crippen LogP contribution in [0.1, 0.15) is 0 Å². The van der Waals surface area contributed by atoms with Gasteiger partial charge in [-0.1, -0.05) is 0 Å². The second-order valence-electron chi connectivity index (χ2n) is 21.0. The maximum Gasteiger partial charge on any atom is 0.187 e. The molecule has 37 nitrogen and oxygen atoms in total. The maximum absolute atomic E-state index is 11.5. The van der Waals surface area contributed by atoms with Crippen LogP contribution < -0.4 is 0 Å². The van der Waals surface area contributed by atoms with E-state index in [0.717, 1.165) is 0 Å². The van der Waals surface area contributed by atoms with Crippen LogP contribution in [0.5, 0.6) is 0 Å². The smallest absolute Gasteiger partial charge is 0.187 e. The summed E-state index contributed by atoms with van der Waals surface area (Å²) in [6.45, 7) is -6.75. The molecule has 0 amide bonds. The van der Waals surface area contributed by atoms with Gasteiger partial charge in [0, 0.05) is 0 Å². The lowest BCUT2D eigenvalue weighted by Crippen LogP contribution is -2.66. The SMILES string of the molecule is OCC1OC(OC2C(OC3OCC(OC4OCC(O)C(O)C4O)C(OC4OC(CO)C(O)C4O)C3OC3OC(CO)C(O)C3O)COC(OC3COC(OC4COC(O)C(O)C4O)C(O)C3O)C2OC2OC(CO)C(O)C2O)C(O)C1O. The normalized spacial score (nSPS) is 54.0. The molecule has 0 saturated carbocycles. The molecule has 9 aliphatic heterocycles. The Kier molecular flexibility index (Phi) is 22.1. The van der Waals surface area contributed by atoms with Crippen molar-refractivity contribution < 1.29 is 183 Å². The molecule has 0 aliphatic carbocycles. The number of hydrogen-bond acceptors (Lipinski definition) is 37. The van der Waals surface area contributed by atoms with Gasteiger partial charge in [0.25, 0.3) is 0 Å². The summed E-state index contributed by atoms with van der Waals surface area (Å²) in [7, 11) is 0. The highest BCUT2D eigenvalue weighted by Crippen LogP contribution is 2.39. The van der Waals surface area contributed by atoms with E-state index in [0.29, 0.717) is 0 Å². The average Bonchev–Trinajstić information content (AvgIpc) is 4.24. The summed E-state index contributed by atoms with van der Waals surface area (Å²) in [5.74, 6) is 0. The lowest BCUT2D eigenvalue weighted by molar-refractivity contribution is -0.397. The highest BCUT2D eigenvalue weighted by Gasteiger charge is 2.59. The quantitative estimate of drug-likeness (QED) is 0.0538. The van der Waals surface area contributed by atoms with Crippen molar-refractivity contribution in [2.45, 2.75) is 221 Å². The van der Waals surface area contributed by atoms with Crippen LogP contribution in [0.4, 0.5) is 0 Å². The first-order valence-electron chi connectivity index (χ1n) is 26.3. The van der Waals surface area contributed by atoms with Gasteiger partial charge in [-0.05, 0) is 0 Å². The van der Waals surface area contributed by atoms with Crippen molar-refractivity contribution in [3.05, 3.63) is 0 Å². The topological polar surface area (TPSA) is 562 Å². The van der Waals surface area contributed by atoms with Crippen LogP contribution in [-0.4, -0.2) is 383 Å². The van der Waals surface area contributed by atoms with Gasteiger partial charge in [-0.2, -0.15) is 0 Å². The highest BCUT2D eigenvalue weighted by molar-refractivity contribution is 4.99. The number of ether oxygens (including phenoxy) is 17. The van der Waals surface area contributed by atoms with E-state index in [1.54, 1.807) is 0 Å². The van der Waals surface area contributed by atoms with Gasteiger partial charge in [-0.15, -0.1) is 0 Å². The van der Waals surface area contributed by atoms with E-state index in [4.69, 9.17) is 80.5 Å². The van der Waals surface area contributed by atoms with Gasteiger partial charge in [-0.25, -0.2) is 0 Å². The summed E-state index contributed by atoms with van der Waals surface area (Å²) in [4.78, 5) is 0. The summed E-state index contributed by atoms with van der Waals surface area (Å²) in [6.07, 6.45) is -65.3. The van der Waals surface area contributed by atoms with Crippen LogP contribution in [-0.2, 0) is 80.5 Å². The minimum absolute atomic E-state index is 0.494. The molecule has 9 saturated heterocycles. The third kappa shape index (κ3) is 13.4. The average molecular weight is 1210 g/mol. The number of rotatable bonds is 20. The second kappa shape index (κ2) is 27.9. The van der Waals surface area contributed by atoms with E-state index in [1.165, 1.54) is 0 Å². The predicted octanol–water partition coefficient (Wildman–Crippen LogP) is -14.9. The maximum atomic E-state index is 11.5. The fourth-order valence-electron chi connectivity index (χ4n) is 10.6. The van der Waals surface area contributed by atoms with E-state index < -0.39 is 281 Å². The molecule has 0 aromatic heterocycles.